The minimum atomic E-state index is 0.663. The van der Waals surface area contributed by atoms with Crippen LogP contribution in [0.15, 0.2) is 23.0 Å². The molecule has 1 aromatic rings. The van der Waals surface area contributed by atoms with Gasteiger partial charge in [-0.2, -0.15) is 0 Å². The van der Waals surface area contributed by atoms with Gasteiger partial charge in [-0.3, -0.25) is 0 Å². The lowest BCUT2D eigenvalue weighted by molar-refractivity contribution is 0.198. The van der Waals surface area contributed by atoms with E-state index in [4.69, 9.17) is 4.42 Å². The zero-order chi connectivity index (χ0) is 11.4. The Hall–Kier alpha value is -0.800. The SMILES string of the molecule is CN(C)C1CCCC(NCc2ccoc2)C1. The Morgan fingerprint density at radius 3 is 3.00 bits per heavy atom. The highest BCUT2D eigenvalue weighted by atomic mass is 16.3. The van der Waals surface area contributed by atoms with Crippen LogP contribution in [0.4, 0.5) is 0 Å². The average molecular weight is 222 g/mol. The first-order valence-corrected chi connectivity index (χ1v) is 6.16. The Morgan fingerprint density at radius 1 is 1.44 bits per heavy atom. The Balaban J connectivity index is 1.77. The Bertz CT molecular complexity index is 295. The first kappa shape index (κ1) is 11.7. The molecule has 3 nitrogen and oxygen atoms in total. The van der Waals surface area contributed by atoms with Gasteiger partial charge in [0.2, 0.25) is 0 Å². The van der Waals surface area contributed by atoms with Crippen LogP contribution in [0.25, 0.3) is 0 Å². The van der Waals surface area contributed by atoms with Gasteiger partial charge in [-0.15, -0.1) is 0 Å². The normalized spacial score (nSPS) is 26.2. The van der Waals surface area contributed by atoms with Gasteiger partial charge in [-0.1, -0.05) is 6.42 Å². The fourth-order valence-corrected chi connectivity index (χ4v) is 2.47. The van der Waals surface area contributed by atoms with E-state index in [1.165, 1.54) is 31.2 Å². The minimum Gasteiger partial charge on any atom is -0.472 e. The first-order valence-electron chi connectivity index (χ1n) is 6.16. The molecule has 90 valence electrons. The summed E-state index contributed by atoms with van der Waals surface area (Å²) in [7, 11) is 4.37. The standard InChI is InChI=1S/C13H22N2O/c1-15(2)13-5-3-4-12(8-13)14-9-11-6-7-16-10-11/h6-7,10,12-14H,3-5,8-9H2,1-2H3. The average Bonchev–Trinajstić information content (AvgIpc) is 2.79. The number of hydrogen-bond donors (Lipinski definition) is 1. The van der Waals surface area contributed by atoms with Gasteiger partial charge in [0.1, 0.15) is 0 Å². The van der Waals surface area contributed by atoms with Crippen LogP contribution in [0.5, 0.6) is 0 Å². The van der Waals surface area contributed by atoms with Crippen LogP contribution in [0, 0.1) is 0 Å². The second kappa shape index (κ2) is 5.51. The summed E-state index contributed by atoms with van der Waals surface area (Å²) in [5, 5.41) is 3.62. The van der Waals surface area contributed by atoms with E-state index in [0.29, 0.717) is 6.04 Å². The second-order valence-corrected chi connectivity index (χ2v) is 4.99. The summed E-state index contributed by atoms with van der Waals surface area (Å²) in [5.41, 5.74) is 1.24. The highest BCUT2D eigenvalue weighted by Gasteiger charge is 2.22. The van der Waals surface area contributed by atoms with Crippen LogP contribution in [-0.2, 0) is 6.54 Å². The Morgan fingerprint density at radius 2 is 2.31 bits per heavy atom. The molecule has 0 saturated heterocycles. The molecule has 2 atom stereocenters. The molecule has 0 bridgehead atoms. The third-order valence-corrected chi connectivity index (χ3v) is 3.55. The first-order chi connectivity index (χ1) is 7.75. The quantitative estimate of drug-likeness (QED) is 0.847. The highest BCUT2D eigenvalue weighted by molar-refractivity contribution is 5.04. The zero-order valence-electron chi connectivity index (χ0n) is 10.3. The molecule has 1 saturated carbocycles. The molecule has 1 N–H and O–H groups in total. The molecular formula is C13H22N2O. The lowest BCUT2D eigenvalue weighted by Gasteiger charge is -2.33. The lowest BCUT2D eigenvalue weighted by Crippen LogP contribution is -2.41. The van der Waals surface area contributed by atoms with Gasteiger partial charge in [0.15, 0.2) is 0 Å². The molecule has 2 rings (SSSR count). The monoisotopic (exact) mass is 222 g/mol. The molecule has 0 aromatic carbocycles. The van der Waals surface area contributed by atoms with Crippen LogP contribution >= 0.6 is 0 Å². The molecule has 1 fully saturated rings. The van der Waals surface area contributed by atoms with E-state index < -0.39 is 0 Å². The van der Waals surface area contributed by atoms with Gasteiger partial charge >= 0.3 is 0 Å². The zero-order valence-corrected chi connectivity index (χ0v) is 10.3. The molecule has 3 heteroatoms. The van der Waals surface area contributed by atoms with Gasteiger partial charge in [0.05, 0.1) is 12.5 Å². The lowest BCUT2D eigenvalue weighted by atomic mass is 9.90. The largest absolute Gasteiger partial charge is 0.472 e. The fraction of sp³-hybridized carbons (Fsp3) is 0.692. The maximum absolute atomic E-state index is 5.07. The van der Waals surface area contributed by atoms with Crippen molar-refractivity contribution in [3.8, 4) is 0 Å². The van der Waals surface area contributed by atoms with Crippen molar-refractivity contribution in [1.29, 1.82) is 0 Å². The summed E-state index contributed by atoms with van der Waals surface area (Å²) >= 11 is 0. The minimum absolute atomic E-state index is 0.663. The predicted molar refractivity (Wildman–Crippen MR) is 65.3 cm³/mol. The van der Waals surface area contributed by atoms with E-state index in [1.54, 1.807) is 6.26 Å². The van der Waals surface area contributed by atoms with Crippen molar-refractivity contribution < 1.29 is 4.42 Å². The van der Waals surface area contributed by atoms with E-state index in [2.05, 4.69) is 24.3 Å². The predicted octanol–water partition coefficient (Wildman–Crippen LogP) is 2.24. The topological polar surface area (TPSA) is 28.4 Å². The summed E-state index contributed by atoms with van der Waals surface area (Å²) in [6.07, 6.45) is 8.82. The summed E-state index contributed by atoms with van der Waals surface area (Å²) in [6, 6.07) is 3.44. The van der Waals surface area contributed by atoms with Gasteiger partial charge in [0.25, 0.3) is 0 Å². The van der Waals surface area contributed by atoms with Crippen LogP contribution in [-0.4, -0.2) is 31.1 Å². The van der Waals surface area contributed by atoms with Crippen molar-refractivity contribution in [2.24, 2.45) is 0 Å². The van der Waals surface area contributed by atoms with Gasteiger partial charge in [-0.05, 0) is 39.4 Å². The summed E-state index contributed by atoms with van der Waals surface area (Å²) in [5.74, 6) is 0. The van der Waals surface area contributed by atoms with Crippen LogP contribution in [0.1, 0.15) is 31.2 Å². The molecule has 1 aromatic heterocycles. The van der Waals surface area contributed by atoms with Crippen molar-refractivity contribution in [3.63, 3.8) is 0 Å². The van der Waals surface area contributed by atoms with Crippen molar-refractivity contribution in [2.45, 2.75) is 44.3 Å². The molecule has 0 amide bonds. The van der Waals surface area contributed by atoms with Crippen LogP contribution in [0.3, 0.4) is 0 Å². The van der Waals surface area contributed by atoms with Crippen LogP contribution in [0.2, 0.25) is 0 Å². The summed E-state index contributed by atoms with van der Waals surface area (Å²) in [4.78, 5) is 2.35. The molecule has 0 aliphatic heterocycles. The second-order valence-electron chi connectivity index (χ2n) is 4.99. The number of nitrogens with zero attached hydrogens (tertiary/aromatic N) is 1. The number of hydrogen-bond acceptors (Lipinski definition) is 3. The summed E-state index contributed by atoms with van der Waals surface area (Å²) in [6.45, 7) is 0.932. The van der Waals surface area contributed by atoms with Gasteiger partial charge < -0.3 is 14.6 Å². The molecule has 16 heavy (non-hydrogen) atoms. The molecule has 1 aliphatic carbocycles. The van der Waals surface area contributed by atoms with Crippen molar-refractivity contribution in [3.05, 3.63) is 24.2 Å². The maximum atomic E-state index is 5.07. The molecule has 1 heterocycles. The van der Waals surface area contributed by atoms with E-state index in [0.717, 1.165) is 12.6 Å². The third-order valence-electron chi connectivity index (χ3n) is 3.55. The Kier molecular flexibility index (Phi) is 4.02. The van der Waals surface area contributed by atoms with Crippen molar-refractivity contribution >= 4 is 0 Å². The van der Waals surface area contributed by atoms with E-state index in [-0.39, 0.29) is 0 Å². The van der Waals surface area contributed by atoms with E-state index >= 15 is 0 Å². The van der Waals surface area contributed by atoms with E-state index in [9.17, 15) is 0 Å². The molecule has 1 aliphatic rings. The molecule has 0 spiro atoms. The number of nitrogens with one attached hydrogen (secondary N) is 1. The molecular weight excluding hydrogens is 200 g/mol. The number of rotatable bonds is 4. The van der Waals surface area contributed by atoms with Crippen LogP contribution < -0.4 is 5.32 Å². The number of furan rings is 1. The van der Waals surface area contributed by atoms with Crippen molar-refractivity contribution in [1.82, 2.24) is 10.2 Å². The third kappa shape index (κ3) is 3.09. The Labute approximate surface area is 97.8 Å². The molecule has 0 radical (unpaired) electrons. The summed E-state index contributed by atoms with van der Waals surface area (Å²) < 4.78 is 5.07. The smallest absolute Gasteiger partial charge is 0.0947 e. The van der Waals surface area contributed by atoms with E-state index in [1.807, 2.05) is 12.3 Å². The maximum Gasteiger partial charge on any atom is 0.0947 e. The van der Waals surface area contributed by atoms with Gasteiger partial charge in [-0.25, -0.2) is 0 Å². The fourth-order valence-electron chi connectivity index (χ4n) is 2.47. The van der Waals surface area contributed by atoms with Gasteiger partial charge in [0, 0.05) is 24.2 Å². The van der Waals surface area contributed by atoms with Crippen molar-refractivity contribution in [2.75, 3.05) is 14.1 Å². The highest BCUT2D eigenvalue weighted by Crippen LogP contribution is 2.21. The molecule has 2 unspecified atom stereocenters.